The largest absolute Gasteiger partial charge is 0.341 e. The lowest BCUT2D eigenvalue weighted by atomic mass is 10.1. The van der Waals surface area contributed by atoms with Crippen LogP contribution >= 0.6 is 0 Å². The van der Waals surface area contributed by atoms with Crippen molar-refractivity contribution in [1.29, 1.82) is 0 Å². The van der Waals surface area contributed by atoms with Crippen LogP contribution in [0.15, 0.2) is 41.2 Å². The van der Waals surface area contributed by atoms with Gasteiger partial charge in [-0.25, -0.2) is 0 Å². The van der Waals surface area contributed by atoms with Crippen molar-refractivity contribution in [2.75, 3.05) is 0 Å². The van der Waals surface area contributed by atoms with E-state index in [1.54, 1.807) is 0 Å². The van der Waals surface area contributed by atoms with Crippen LogP contribution in [0.3, 0.4) is 0 Å². The summed E-state index contributed by atoms with van der Waals surface area (Å²) >= 11 is 0. The molecule has 2 nitrogen and oxygen atoms in total. The second-order valence-corrected chi connectivity index (χ2v) is 7.27. The number of allylic oxidation sites excluding steroid dienone is 1. The van der Waals surface area contributed by atoms with Crippen LogP contribution in [-0.2, 0) is 6.54 Å². The SMILES string of the molecule is CCCCCCCC/C=C/c1cc(=O)c2ccccc2n1CCCCC. The molecule has 0 aliphatic carbocycles. The molecule has 26 heavy (non-hydrogen) atoms. The number of para-hydroxylation sites is 1. The van der Waals surface area contributed by atoms with Crippen molar-refractivity contribution in [3.05, 3.63) is 52.3 Å². The summed E-state index contributed by atoms with van der Waals surface area (Å²) in [5.41, 5.74) is 2.25. The average Bonchev–Trinajstić information content (AvgIpc) is 2.66. The van der Waals surface area contributed by atoms with Gasteiger partial charge in [0, 0.05) is 23.7 Å². The van der Waals surface area contributed by atoms with Gasteiger partial charge in [0.1, 0.15) is 0 Å². The van der Waals surface area contributed by atoms with Crippen molar-refractivity contribution in [2.24, 2.45) is 0 Å². The highest BCUT2D eigenvalue weighted by atomic mass is 16.1. The number of pyridine rings is 1. The Balaban J connectivity index is 2.08. The van der Waals surface area contributed by atoms with Crippen LogP contribution in [0, 0.1) is 0 Å². The minimum Gasteiger partial charge on any atom is -0.341 e. The van der Waals surface area contributed by atoms with Gasteiger partial charge in [-0.2, -0.15) is 0 Å². The average molecular weight is 354 g/mol. The third kappa shape index (κ3) is 6.16. The van der Waals surface area contributed by atoms with Gasteiger partial charge in [0.05, 0.1) is 5.52 Å². The molecule has 0 unspecified atom stereocenters. The topological polar surface area (TPSA) is 22.0 Å². The molecular formula is C24H35NO. The Morgan fingerprint density at radius 3 is 2.38 bits per heavy atom. The minimum absolute atomic E-state index is 0.131. The highest BCUT2D eigenvalue weighted by Gasteiger charge is 2.06. The lowest BCUT2D eigenvalue weighted by Gasteiger charge is -2.15. The fraction of sp³-hybridized carbons (Fsp3) is 0.542. The van der Waals surface area contributed by atoms with Gasteiger partial charge < -0.3 is 4.57 Å². The highest BCUT2D eigenvalue weighted by molar-refractivity contribution is 5.80. The van der Waals surface area contributed by atoms with Crippen molar-refractivity contribution in [3.8, 4) is 0 Å². The predicted octanol–water partition coefficient (Wildman–Crippen LogP) is 6.96. The molecule has 0 bridgehead atoms. The molecule has 0 saturated heterocycles. The second-order valence-electron chi connectivity index (χ2n) is 7.27. The molecule has 0 aliphatic heterocycles. The summed E-state index contributed by atoms with van der Waals surface area (Å²) in [6.07, 6.45) is 17.0. The van der Waals surface area contributed by atoms with Gasteiger partial charge in [-0.05, 0) is 37.5 Å². The molecule has 0 N–H and O–H groups in total. The third-order valence-electron chi connectivity index (χ3n) is 5.05. The number of hydrogen-bond acceptors (Lipinski definition) is 1. The summed E-state index contributed by atoms with van der Waals surface area (Å²) in [6.45, 7) is 5.46. The van der Waals surface area contributed by atoms with Crippen LogP contribution < -0.4 is 5.43 Å². The van der Waals surface area contributed by atoms with E-state index >= 15 is 0 Å². The molecule has 0 radical (unpaired) electrons. The van der Waals surface area contributed by atoms with Crippen LogP contribution in [0.1, 0.15) is 83.7 Å². The van der Waals surface area contributed by atoms with Crippen molar-refractivity contribution < 1.29 is 0 Å². The molecule has 0 atom stereocenters. The maximum absolute atomic E-state index is 12.5. The smallest absolute Gasteiger partial charge is 0.190 e. The third-order valence-corrected chi connectivity index (χ3v) is 5.05. The fourth-order valence-corrected chi connectivity index (χ4v) is 3.50. The van der Waals surface area contributed by atoms with Gasteiger partial charge >= 0.3 is 0 Å². The van der Waals surface area contributed by atoms with E-state index in [1.807, 2.05) is 24.3 Å². The fourth-order valence-electron chi connectivity index (χ4n) is 3.50. The predicted molar refractivity (Wildman–Crippen MR) is 115 cm³/mol. The monoisotopic (exact) mass is 353 g/mol. The van der Waals surface area contributed by atoms with Gasteiger partial charge in [-0.1, -0.05) is 77.0 Å². The van der Waals surface area contributed by atoms with Crippen molar-refractivity contribution >= 4 is 17.0 Å². The first-order chi connectivity index (χ1) is 12.8. The van der Waals surface area contributed by atoms with E-state index in [0.29, 0.717) is 0 Å². The summed E-state index contributed by atoms with van der Waals surface area (Å²) in [5.74, 6) is 0. The molecule has 0 amide bonds. The molecule has 142 valence electrons. The lowest BCUT2D eigenvalue weighted by Crippen LogP contribution is -2.12. The van der Waals surface area contributed by atoms with E-state index in [4.69, 9.17) is 0 Å². The quantitative estimate of drug-likeness (QED) is 0.378. The summed E-state index contributed by atoms with van der Waals surface area (Å²) < 4.78 is 2.32. The zero-order valence-corrected chi connectivity index (χ0v) is 16.7. The minimum atomic E-state index is 0.131. The Labute approximate surface area is 158 Å². The molecule has 1 aromatic heterocycles. The molecule has 0 aliphatic rings. The number of rotatable bonds is 12. The van der Waals surface area contributed by atoms with Gasteiger partial charge in [0.2, 0.25) is 0 Å². The number of aryl methyl sites for hydroxylation is 1. The zero-order valence-electron chi connectivity index (χ0n) is 16.7. The van der Waals surface area contributed by atoms with Gasteiger partial charge in [-0.15, -0.1) is 0 Å². The molecule has 2 rings (SSSR count). The first-order valence-corrected chi connectivity index (χ1v) is 10.6. The normalized spacial score (nSPS) is 11.6. The van der Waals surface area contributed by atoms with E-state index < -0.39 is 0 Å². The Kier molecular flexibility index (Phi) is 9.23. The number of fused-ring (bicyclic) bond motifs is 1. The van der Waals surface area contributed by atoms with E-state index in [1.165, 1.54) is 51.4 Å². The Bertz CT molecular complexity index is 741. The number of benzene rings is 1. The first kappa shape index (κ1) is 20.5. The van der Waals surface area contributed by atoms with E-state index in [9.17, 15) is 4.79 Å². The Morgan fingerprint density at radius 1 is 0.885 bits per heavy atom. The number of nitrogens with zero attached hydrogens (tertiary/aromatic N) is 1. The molecule has 1 aromatic carbocycles. The van der Waals surface area contributed by atoms with Crippen molar-refractivity contribution in [3.63, 3.8) is 0 Å². The van der Waals surface area contributed by atoms with Gasteiger partial charge in [0.25, 0.3) is 0 Å². The molecule has 0 saturated carbocycles. The zero-order chi connectivity index (χ0) is 18.6. The molecule has 1 heterocycles. The summed E-state index contributed by atoms with van der Waals surface area (Å²) in [7, 11) is 0. The first-order valence-electron chi connectivity index (χ1n) is 10.6. The summed E-state index contributed by atoms with van der Waals surface area (Å²) in [6, 6.07) is 9.81. The summed E-state index contributed by atoms with van der Waals surface area (Å²) in [5, 5.41) is 0.831. The Hall–Kier alpha value is -1.83. The second kappa shape index (κ2) is 11.7. The maximum atomic E-state index is 12.5. The van der Waals surface area contributed by atoms with Crippen LogP contribution in [0.5, 0.6) is 0 Å². The van der Waals surface area contributed by atoms with Crippen LogP contribution in [0.25, 0.3) is 17.0 Å². The highest BCUT2D eigenvalue weighted by Crippen LogP contribution is 2.16. The van der Waals surface area contributed by atoms with E-state index in [2.05, 4.69) is 36.6 Å². The standard InChI is InChI=1S/C24H35NO/c1-3-5-7-8-9-10-11-12-16-21-20-24(26)22-17-13-14-18-23(22)25(21)19-15-6-4-2/h12-14,16-18,20H,3-11,15,19H2,1-2H3/b16-12+. The van der Waals surface area contributed by atoms with Crippen LogP contribution in [0.4, 0.5) is 0 Å². The summed E-state index contributed by atoms with van der Waals surface area (Å²) in [4.78, 5) is 12.5. The van der Waals surface area contributed by atoms with Crippen molar-refractivity contribution in [1.82, 2.24) is 4.57 Å². The number of unbranched alkanes of at least 4 members (excludes halogenated alkanes) is 8. The van der Waals surface area contributed by atoms with Crippen LogP contribution in [0.2, 0.25) is 0 Å². The maximum Gasteiger partial charge on any atom is 0.190 e. The Morgan fingerprint density at radius 2 is 1.58 bits per heavy atom. The van der Waals surface area contributed by atoms with Gasteiger partial charge in [0.15, 0.2) is 5.43 Å². The van der Waals surface area contributed by atoms with Crippen LogP contribution in [-0.4, -0.2) is 4.57 Å². The number of hydrogen-bond donors (Lipinski definition) is 0. The van der Waals surface area contributed by atoms with Gasteiger partial charge in [-0.3, -0.25) is 4.79 Å². The van der Waals surface area contributed by atoms with Crippen molar-refractivity contribution in [2.45, 2.75) is 84.6 Å². The van der Waals surface area contributed by atoms with E-state index in [-0.39, 0.29) is 5.43 Å². The molecule has 0 fully saturated rings. The number of aromatic nitrogens is 1. The van der Waals surface area contributed by atoms with E-state index in [0.717, 1.165) is 36.0 Å². The molecule has 2 heteroatoms. The molecule has 2 aromatic rings. The lowest BCUT2D eigenvalue weighted by molar-refractivity contribution is 0.608. The molecular weight excluding hydrogens is 318 g/mol. The molecule has 0 spiro atoms.